The van der Waals surface area contributed by atoms with E-state index < -0.39 is 0 Å². The molecule has 1 aromatic heterocycles. The van der Waals surface area contributed by atoms with Crippen molar-refractivity contribution >= 4 is 28.9 Å². The van der Waals surface area contributed by atoms with E-state index in [0.717, 1.165) is 5.56 Å². The fourth-order valence-electron chi connectivity index (χ4n) is 1.79. The van der Waals surface area contributed by atoms with Crippen molar-refractivity contribution in [3.05, 3.63) is 40.7 Å². The second-order valence-corrected chi connectivity index (χ2v) is 4.39. The highest BCUT2D eigenvalue weighted by atomic mass is 35.5. The summed E-state index contributed by atoms with van der Waals surface area (Å²) < 4.78 is 0. The van der Waals surface area contributed by atoms with Crippen molar-refractivity contribution in [3.63, 3.8) is 0 Å². The fraction of sp³-hybridized carbons (Fsp3) is 0.154. The van der Waals surface area contributed by atoms with E-state index in [4.69, 9.17) is 22.7 Å². The average molecular weight is 289 g/mol. The van der Waals surface area contributed by atoms with Crippen LogP contribution in [0.1, 0.15) is 18.1 Å². The molecule has 2 rings (SSSR count). The number of nitrogens with one attached hydrogen (secondary N) is 2. The SMILES string of the molecule is CCc1c(NN)ncnc1Nc1ccc(C#N)cc1Cl. The first-order valence-corrected chi connectivity index (χ1v) is 6.34. The smallest absolute Gasteiger partial charge is 0.148 e. The number of nitrogen functional groups attached to an aromatic ring is 1. The lowest BCUT2D eigenvalue weighted by Gasteiger charge is -2.13. The number of hydrogen-bond donors (Lipinski definition) is 3. The summed E-state index contributed by atoms with van der Waals surface area (Å²) in [6, 6.07) is 7.05. The number of halogens is 1. The molecular weight excluding hydrogens is 276 g/mol. The third-order valence-electron chi connectivity index (χ3n) is 2.79. The zero-order valence-electron chi connectivity index (χ0n) is 10.8. The largest absolute Gasteiger partial charge is 0.339 e. The van der Waals surface area contributed by atoms with Crippen molar-refractivity contribution in [1.29, 1.82) is 5.26 Å². The topological polar surface area (TPSA) is 99.7 Å². The molecule has 0 saturated heterocycles. The van der Waals surface area contributed by atoms with Crippen LogP contribution in [0.2, 0.25) is 5.02 Å². The minimum atomic E-state index is 0.451. The average Bonchev–Trinajstić information content (AvgIpc) is 2.48. The number of hydrazine groups is 1. The van der Waals surface area contributed by atoms with Gasteiger partial charge in [0.25, 0.3) is 0 Å². The van der Waals surface area contributed by atoms with Gasteiger partial charge in [0.15, 0.2) is 0 Å². The van der Waals surface area contributed by atoms with Crippen molar-refractivity contribution in [2.45, 2.75) is 13.3 Å². The first kappa shape index (κ1) is 14.1. The predicted molar refractivity (Wildman–Crippen MR) is 78.7 cm³/mol. The fourth-order valence-corrected chi connectivity index (χ4v) is 2.02. The van der Waals surface area contributed by atoms with Crippen molar-refractivity contribution < 1.29 is 0 Å². The zero-order chi connectivity index (χ0) is 14.5. The lowest BCUT2D eigenvalue weighted by atomic mass is 10.2. The summed E-state index contributed by atoms with van der Waals surface area (Å²) in [6.07, 6.45) is 2.12. The Hall–Kier alpha value is -2.36. The van der Waals surface area contributed by atoms with Gasteiger partial charge in [-0.1, -0.05) is 18.5 Å². The molecule has 0 spiro atoms. The molecular formula is C13H13ClN6. The van der Waals surface area contributed by atoms with Gasteiger partial charge in [0.05, 0.1) is 22.3 Å². The quantitative estimate of drug-likeness (QED) is 0.591. The molecule has 0 atom stereocenters. The molecule has 2 aromatic rings. The van der Waals surface area contributed by atoms with Gasteiger partial charge in [0.1, 0.15) is 18.0 Å². The Balaban J connectivity index is 2.38. The van der Waals surface area contributed by atoms with E-state index in [1.165, 1.54) is 6.33 Å². The molecule has 0 radical (unpaired) electrons. The first-order valence-electron chi connectivity index (χ1n) is 5.96. The van der Waals surface area contributed by atoms with Gasteiger partial charge in [-0.2, -0.15) is 5.26 Å². The molecule has 1 aromatic carbocycles. The zero-order valence-corrected chi connectivity index (χ0v) is 11.6. The summed E-state index contributed by atoms with van der Waals surface area (Å²) in [5.74, 6) is 6.62. The summed E-state index contributed by atoms with van der Waals surface area (Å²) in [5.41, 5.74) is 4.57. The van der Waals surface area contributed by atoms with Gasteiger partial charge in [-0.25, -0.2) is 15.8 Å². The maximum absolute atomic E-state index is 8.82. The van der Waals surface area contributed by atoms with Crippen LogP contribution >= 0.6 is 11.6 Å². The molecule has 0 bridgehead atoms. The normalized spacial score (nSPS) is 9.90. The van der Waals surface area contributed by atoms with Crippen molar-refractivity contribution in [3.8, 4) is 6.07 Å². The highest BCUT2D eigenvalue weighted by Gasteiger charge is 2.10. The van der Waals surface area contributed by atoms with Gasteiger partial charge in [0, 0.05) is 5.56 Å². The molecule has 0 aliphatic heterocycles. The molecule has 0 unspecified atom stereocenters. The maximum Gasteiger partial charge on any atom is 0.148 e. The monoisotopic (exact) mass is 288 g/mol. The Kier molecular flexibility index (Phi) is 4.35. The number of benzene rings is 1. The first-order chi connectivity index (χ1) is 9.69. The van der Waals surface area contributed by atoms with Gasteiger partial charge in [-0.3, -0.25) is 0 Å². The molecule has 102 valence electrons. The Bertz CT molecular complexity index is 664. The molecule has 0 aliphatic carbocycles. The molecule has 20 heavy (non-hydrogen) atoms. The van der Waals surface area contributed by atoms with Crippen molar-refractivity contribution in [2.24, 2.45) is 5.84 Å². The van der Waals surface area contributed by atoms with Crippen LogP contribution in [0.4, 0.5) is 17.3 Å². The molecule has 0 saturated carbocycles. The number of aromatic nitrogens is 2. The van der Waals surface area contributed by atoms with Crippen LogP contribution < -0.4 is 16.6 Å². The summed E-state index contributed by atoms with van der Waals surface area (Å²) >= 11 is 6.13. The van der Waals surface area contributed by atoms with Gasteiger partial charge in [-0.05, 0) is 24.6 Å². The van der Waals surface area contributed by atoms with Crippen LogP contribution in [-0.4, -0.2) is 9.97 Å². The Morgan fingerprint density at radius 2 is 2.10 bits per heavy atom. The number of anilines is 3. The number of nitrogens with zero attached hydrogens (tertiary/aromatic N) is 3. The Labute approximate surface area is 121 Å². The third kappa shape index (κ3) is 2.79. The highest BCUT2D eigenvalue weighted by molar-refractivity contribution is 6.33. The van der Waals surface area contributed by atoms with E-state index in [9.17, 15) is 0 Å². The van der Waals surface area contributed by atoms with Gasteiger partial charge < -0.3 is 10.7 Å². The van der Waals surface area contributed by atoms with Crippen LogP contribution in [0.3, 0.4) is 0 Å². The number of hydrogen-bond acceptors (Lipinski definition) is 6. The summed E-state index contributed by atoms with van der Waals surface area (Å²) in [5, 5.41) is 12.4. The second-order valence-electron chi connectivity index (χ2n) is 3.98. The summed E-state index contributed by atoms with van der Waals surface area (Å²) in [4.78, 5) is 8.25. The Morgan fingerprint density at radius 3 is 2.70 bits per heavy atom. The number of nitriles is 1. The van der Waals surface area contributed by atoms with E-state index in [0.29, 0.717) is 34.3 Å². The standard InChI is InChI=1S/C13H13ClN6/c1-2-9-12(17-7-18-13(9)20-16)19-11-4-3-8(6-15)5-10(11)14/h3-5,7H,2,16H2,1H3,(H2,17,18,19,20). The molecule has 4 N–H and O–H groups in total. The van der Waals surface area contributed by atoms with Crippen molar-refractivity contribution in [1.82, 2.24) is 9.97 Å². The molecule has 6 nitrogen and oxygen atoms in total. The predicted octanol–water partition coefficient (Wildman–Crippen LogP) is 2.59. The van der Waals surface area contributed by atoms with Gasteiger partial charge >= 0.3 is 0 Å². The lowest BCUT2D eigenvalue weighted by Crippen LogP contribution is -2.13. The molecule has 0 aliphatic rings. The third-order valence-corrected chi connectivity index (χ3v) is 3.10. The summed E-state index contributed by atoms with van der Waals surface area (Å²) in [7, 11) is 0. The maximum atomic E-state index is 8.82. The lowest BCUT2D eigenvalue weighted by molar-refractivity contribution is 1.04. The molecule has 7 heteroatoms. The van der Waals surface area contributed by atoms with E-state index in [1.54, 1.807) is 18.2 Å². The summed E-state index contributed by atoms with van der Waals surface area (Å²) in [6.45, 7) is 1.98. The van der Waals surface area contributed by atoms with E-state index in [-0.39, 0.29) is 0 Å². The van der Waals surface area contributed by atoms with Crippen LogP contribution in [0.15, 0.2) is 24.5 Å². The molecule has 1 heterocycles. The molecule has 0 amide bonds. The van der Waals surface area contributed by atoms with Gasteiger partial charge in [-0.15, -0.1) is 0 Å². The molecule has 0 fully saturated rings. The van der Waals surface area contributed by atoms with Crippen LogP contribution in [0, 0.1) is 11.3 Å². The van der Waals surface area contributed by atoms with Gasteiger partial charge in [0.2, 0.25) is 0 Å². The minimum absolute atomic E-state index is 0.451. The highest BCUT2D eigenvalue weighted by Crippen LogP contribution is 2.28. The van der Waals surface area contributed by atoms with E-state index >= 15 is 0 Å². The number of rotatable bonds is 4. The van der Waals surface area contributed by atoms with E-state index in [2.05, 4.69) is 20.7 Å². The van der Waals surface area contributed by atoms with Crippen LogP contribution in [-0.2, 0) is 6.42 Å². The van der Waals surface area contributed by atoms with E-state index in [1.807, 2.05) is 13.0 Å². The Morgan fingerprint density at radius 1 is 1.35 bits per heavy atom. The second kappa shape index (κ2) is 6.19. The number of nitrogens with two attached hydrogens (primary N) is 1. The van der Waals surface area contributed by atoms with Crippen LogP contribution in [0.25, 0.3) is 0 Å². The van der Waals surface area contributed by atoms with Crippen LogP contribution in [0.5, 0.6) is 0 Å². The minimum Gasteiger partial charge on any atom is -0.339 e. The van der Waals surface area contributed by atoms with Crippen molar-refractivity contribution in [2.75, 3.05) is 10.7 Å².